The van der Waals surface area contributed by atoms with E-state index in [4.69, 9.17) is 10.5 Å². The Morgan fingerprint density at radius 1 is 0.950 bits per heavy atom. The molecule has 0 fully saturated rings. The second-order valence-corrected chi connectivity index (χ2v) is 4.25. The first-order valence-electron chi connectivity index (χ1n) is 5.90. The molecule has 0 unspecified atom stereocenters. The first-order valence-corrected chi connectivity index (χ1v) is 5.90. The Bertz CT molecular complexity index is 790. The Balaban J connectivity index is 2.09. The molecule has 0 aliphatic rings. The predicted octanol–water partition coefficient (Wildman–Crippen LogP) is 3.89. The quantitative estimate of drug-likeness (QED) is 0.720. The molecule has 0 aliphatic heterocycles. The molecular weight excluding hydrogens is 262 g/mol. The Kier molecular flexibility index (Phi) is 2.95. The van der Waals surface area contributed by atoms with Gasteiger partial charge in [-0.1, -0.05) is 0 Å². The standard InChI is InChI=1S/C15H10F2N2O/c16-9-1-3-15(12(17)7-9)20-14-4-2-13(18)10-5-6-19-8-11(10)14/h1-8H,18H2. The van der Waals surface area contributed by atoms with Gasteiger partial charge in [-0.05, 0) is 30.3 Å². The molecule has 0 aliphatic carbocycles. The molecule has 20 heavy (non-hydrogen) atoms. The summed E-state index contributed by atoms with van der Waals surface area (Å²) in [6.07, 6.45) is 3.20. The van der Waals surface area contributed by atoms with E-state index in [9.17, 15) is 8.78 Å². The number of pyridine rings is 1. The number of nitrogens with two attached hydrogens (primary N) is 1. The van der Waals surface area contributed by atoms with Crippen molar-refractivity contribution in [1.82, 2.24) is 4.98 Å². The van der Waals surface area contributed by atoms with Gasteiger partial charge in [0.05, 0.1) is 0 Å². The average molecular weight is 272 g/mol. The van der Waals surface area contributed by atoms with Crippen LogP contribution in [-0.2, 0) is 0 Å². The summed E-state index contributed by atoms with van der Waals surface area (Å²) in [6, 6.07) is 8.19. The first kappa shape index (κ1) is 12.3. The third kappa shape index (κ3) is 2.14. The van der Waals surface area contributed by atoms with Crippen molar-refractivity contribution in [2.75, 3.05) is 5.73 Å². The van der Waals surface area contributed by atoms with Gasteiger partial charge in [0.25, 0.3) is 0 Å². The van der Waals surface area contributed by atoms with Crippen LogP contribution in [0.5, 0.6) is 11.5 Å². The van der Waals surface area contributed by atoms with Gasteiger partial charge in [0.2, 0.25) is 0 Å². The molecule has 0 amide bonds. The molecule has 5 heteroatoms. The highest BCUT2D eigenvalue weighted by Gasteiger charge is 2.10. The van der Waals surface area contributed by atoms with Crippen molar-refractivity contribution in [3.63, 3.8) is 0 Å². The molecule has 0 atom stereocenters. The van der Waals surface area contributed by atoms with E-state index in [1.165, 1.54) is 6.07 Å². The number of ether oxygens (including phenoxy) is 1. The third-order valence-electron chi connectivity index (χ3n) is 2.93. The van der Waals surface area contributed by atoms with Crippen molar-refractivity contribution >= 4 is 16.5 Å². The van der Waals surface area contributed by atoms with Crippen LogP contribution >= 0.6 is 0 Å². The summed E-state index contributed by atoms with van der Waals surface area (Å²) in [5.41, 5.74) is 6.44. The molecule has 0 spiro atoms. The van der Waals surface area contributed by atoms with E-state index in [1.807, 2.05) is 0 Å². The topological polar surface area (TPSA) is 48.1 Å². The molecule has 3 aromatic rings. The minimum absolute atomic E-state index is 0.0543. The van der Waals surface area contributed by atoms with Crippen molar-refractivity contribution in [1.29, 1.82) is 0 Å². The number of hydrogen-bond acceptors (Lipinski definition) is 3. The van der Waals surface area contributed by atoms with Gasteiger partial charge in [-0.2, -0.15) is 0 Å². The summed E-state index contributed by atoms with van der Waals surface area (Å²) in [5.74, 6) is -1.06. The van der Waals surface area contributed by atoms with Gasteiger partial charge >= 0.3 is 0 Å². The number of benzene rings is 2. The van der Waals surface area contributed by atoms with E-state index in [1.54, 1.807) is 30.6 Å². The number of nitrogen functional groups attached to an aromatic ring is 1. The Morgan fingerprint density at radius 3 is 2.55 bits per heavy atom. The van der Waals surface area contributed by atoms with Gasteiger partial charge in [0.15, 0.2) is 11.6 Å². The predicted molar refractivity (Wildman–Crippen MR) is 72.6 cm³/mol. The Hall–Kier alpha value is -2.69. The number of hydrogen-bond donors (Lipinski definition) is 1. The van der Waals surface area contributed by atoms with Crippen molar-refractivity contribution in [2.24, 2.45) is 0 Å². The first-order chi connectivity index (χ1) is 9.65. The highest BCUT2D eigenvalue weighted by atomic mass is 19.1. The maximum Gasteiger partial charge on any atom is 0.168 e. The zero-order chi connectivity index (χ0) is 14.1. The maximum absolute atomic E-state index is 13.6. The fraction of sp³-hybridized carbons (Fsp3) is 0. The molecule has 2 N–H and O–H groups in total. The highest BCUT2D eigenvalue weighted by Crippen LogP contribution is 2.33. The van der Waals surface area contributed by atoms with E-state index in [2.05, 4.69) is 4.98 Å². The molecule has 3 nitrogen and oxygen atoms in total. The zero-order valence-corrected chi connectivity index (χ0v) is 10.3. The monoisotopic (exact) mass is 272 g/mol. The lowest BCUT2D eigenvalue weighted by molar-refractivity contribution is 0.441. The van der Waals surface area contributed by atoms with Crippen LogP contribution in [0.2, 0.25) is 0 Å². The summed E-state index contributed by atoms with van der Waals surface area (Å²) in [7, 11) is 0. The zero-order valence-electron chi connectivity index (χ0n) is 10.3. The summed E-state index contributed by atoms with van der Waals surface area (Å²) in [6.45, 7) is 0. The third-order valence-corrected chi connectivity index (χ3v) is 2.93. The van der Waals surface area contributed by atoms with Crippen LogP contribution in [-0.4, -0.2) is 4.98 Å². The van der Waals surface area contributed by atoms with Gasteiger partial charge in [0, 0.05) is 34.9 Å². The lowest BCUT2D eigenvalue weighted by Gasteiger charge is -2.10. The highest BCUT2D eigenvalue weighted by molar-refractivity contribution is 5.96. The van der Waals surface area contributed by atoms with E-state index >= 15 is 0 Å². The van der Waals surface area contributed by atoms with E-state index in [0.717, 1.165) is 17.5 Å². The van der Waals surface area contributed by atoms with E-state index in [-0.39, 0.29) is 5.75 Å². The lowest BCUT2D eigenvalue weighted by atomic mass is 10.1. The van der Waals surface area contributed by atoms with Gasteiger partial charge in [-0.25, -0.2) is 8.78 Å². The molecule has 1 heterocycles. The fourth-order valence-corrected chi connectivity index (χ4v) is 1.95. The average Bonchev–Trinajstić information content (AvgIpc) is 2.45. The van der Waals surface area contributed by atoms with E-state index < -0.39 is 11.6 Å². The van der Waals surface area contributed by atoms with Gasteiger partial charge in [-0.3, -0.25) is 4.98 Å². The molecule has 0 saturated heterocycles. The number of anilines is 1. The molecule has 3 rings (SSSR count). The summed E-state index contributed by atoms with van der Waals surface area (Å²) < 4.78 is 32.0. The SMILES string of the molecule is Nc1ccc(Oc2ccc(F)cc2F)c2cnccc12. The largest absolute Gasteiger partial charge is 0.454 e. The minimum Gasteiger partial charge on any atom is -0.454 e. The molecule has 100 valence electrons. The second-order valence-electron chi connectivity index (χ2n) is 4.25. The Morgan fingerprint density at radius 2 is 1.75 bits per heavy atom. The number of fused-ring (bicyclic) bond motifs is 1. The van der Waals surface area contributed by atoms with Crippen molar-refractivity contribution < 1.29 is 13.5 Å². The lowest BCUT2D eigenvalue weighted by Crippen LogP contribution is -1.93. The fourth-order valence-electron chi connectivity index (χ4n) is 1.95. The van der Waals surface area contributed by atoms with Gasteiger partial charge in [-0.15, -0.1) is 0 Å². The molecular formula is C15H10F2N2O. The number of aromatic nitrogens is 1. The van der Waals surface area contributed by atoms with Gasteiger partial charge < -0.3 is 10.5 Å². The van der Waals surface area contributed by atoms with Crippen molar-refractivity contribution in [3.05, 3.63) is 60.4 Å². The summed E-state index contributed by atoms with van der Waals surface area (Å²) in [4.78, 5) is 4.00. The van der Waals surface area contributed by atoms with Crippen molar-refractivity contribution in [2.45, 2.75) is 0 Å². The molecule has 0 radical (unpaired) electrons. The molecule has 2 aromatic carbocycles. The molecule has 1 aromatic heterocycles. The van der Waals surface area contributed by atoms with Crippen LogP contribution in [0.3, 0.4) is 0 Å². The normalized spacial score (nSPS) is 10.7. The van der Waals surface area contributed by atoms with Crippen LogP contribution in [0.4, 0.5) is 14.5 Å². The van der Waals surface area contributed by atoms with E-state index in [0.29, 0.717) is 16.8 Å². The van der Waals surface area contributed by atoms with Crippen LogP contribution in [0.15, 0.2) is 48.8 Å². The maximum atomic E-state index is 13.6. The number of rotatable bonds is 2. The van der Waals surface area contributed by atoms with Crippen LogP contribution < -0.4 is 10.5 Å². The minimum atomic E-state index is -0.765. The summed E-state index contributed by atoms with van der Waals surface area (Å²) >= 11 is 0. The second kappa shape index (κ2) is 4.77. The molecule has 0 saturated carbocycles. The smallest absolute Gasteiger partial charge is 0.168 e. The number of halogens is 2. The molecule has 0 bridgehead atoms. The van der Waals surface area contributed by atoms with Crippen LogP contribution in [0.1, 0.15) is 0 Å². The van der Waals surface area contributed by atoms with Crippen molar-refractivity contribution in [3.8, 4) is 11.5 Å². The van der Waals surface area contributed by atoms with Crippen LogP contribution in [0.25, 0.3) is 10.8 Å². The number of nitrogens with zero attached hydrogens (tertiary/aromatic N) is 1. The van der Waals surface area contributed by atoms with Crippen LogP contribution in [0, 0.1) is 11.6 Å². The summed E-state index contributed by atoms with van der Waals surface area (Å²) in [5, 5.41) is 1.43. The Labute approximate surface area is 113 Å². The van der Waals surface area contributed by atoms with Gasteiger partial charge in [0.1, 0.15) is 11.6 Å².